The number of hydrogen-bond acceptors (Lipinski definition) is 4. The molecular formula is C13H27NO2S. The summed E-state index contributed by atoms with van der Waals surface area (Å²) in [6.45, 7) is 3.30. The van der Waals surface area contributed by atoms with E-state index in [1.165, 1.54) is 25.7 Å². The lowest BCUT2D eigenvalue weighted by Crippen LogP contribution is -2.39. The standard InChI is InChI=1S/C13H27NO2S/c1-3-11(10-17-2)14-8-12(15)9-16-13-6-4-5-7-13/h11-15H,3-10H2,1-2H3. The molecule has 1 aliphatic carbocycles. The molecule has 4 heteroatoms. The molecule has 2 unspecified atom stereocenters. The van der Waals surface area contributed by atoms with E-state index in [2.05, 4.69) is 18.5 Å². The molecule has 1 aliphatic rings. The summed E-state index contributed by atoms with van der Waals surface area (Å²) in [5.41, 5.74) is 0. The maximum absolute atomic E-state index is 9.83. The van der Waals surface area contributed by atoms with Crippen LogP contribution in [0, 0.1) is 0 Å². The van der Waals surface area contributed by atoms with E-state index < -0.39 is 0 Å². The minimum absolute atomic E-state index is 0.369. The number of aliphatic hydroxyl groups excluding tert-OH is 1. The van der Waals surface area contributed by atoms with Crippen molar-refractivity contribution in [3.8, 4) is 0 Å². The molecule has 0 aromatic heterocycles. The van der Waals surface area contributed by atoms with Crippen LogP contribution in [-0.2, 0) is 4.74 Å². The zero-order valence-corrected chi connectivity index (χ0v) is 12.0. The topological polar surface area (TPSA) is 41.5 Å². The Morgan fingerprint density at radius 2 is 2.12 bits per heavy atom. The quantitative estimate of drug-likeness (QED) is 0.666. The van der Waals surface area contributed by atoms with Crippen LogP contribution in [0.5, 0.6) is 0 Å². The van der Waals surface area contributed by atoms with Crippen molar-refractivity contribution in [1.82, 2.24) is 5.32 Å². The van der Waals surface area contributed by atoms with E-state index in [4.69, 9.17) is 4.74 Å². The second-order valence-corrected chi connectivity index (χ2v) is 5.77. The molecule has 0 saturated heterocycles. The smallest absolute Gasteiger partial charge is 0.0897 e. The number of aliphatic hydroxyl groups is 1. The predicted octanol–water partition coefficient (Wildman–Crippen LogP) is 2.04. The monoisotopic (exact) mass is 261 g/mol. The first-order valence-electron chi connectivity index (χ1n) is 6.78. The third-order valence-corrected chi connectivity index (χ3v) is 4.07. The zero-order valence-electron chi connectivity index (χ0n) is 11.2. The van der Waals surface area contributed by atoms with E-state index in [1.807, 2.05) is 11.8 Å². The Morgan fingerprint density at radius 1 is 1.41 bits per heavy atom. The molecule has 2 N–H and O–H groups in total. The summed E-state index contributed by atoms with van der Waals surface area (Å²) in [4.78, 5) is 0. The van der Waals surface area contributed by atoms with Crippen LogP contribution in [0.1, 0.15) is 39.0 Å². The molecule has 1 saturated carbocycles. The highest BCUT2D eigenvalue weighted by atomic mass is 32.2. The summed E-state index contributed by atoms with van der Waals surface area (Å²) >= 11 is 1.84. The Bertz CT molecular complexity index is 186. The lowest BCUT2D eigenvalue weighted by Gasteiger charge is -2.20. The summed E-state index contributed by atoms with van der Waals surface area (Å²) in [5.74, 6) is 1.10. The van der Waals surface area contributed by atoms with Crippen LogP contribution < -0.4 is 5.32 Å². The molecule has 0 amide bonds. The Hall–Kier alpha value is 0.230. The van der Waals surface area contributed by atoms with Crippen molar-refractivity contribution in [2.24, 2.45) is 0 Å². The van der Waals surface area contributed by atoms with E-state index in [-0.39, 0.29) is 6.10 Å². The van der Waals surface area contributed by atoms with Crippen molar-refractivity contribution < 1.29 is 9.84 Å². The zero-order chi connectivity index (χ0) is 12.5. The fourth-order valence-electron chi connectivity index (χ4n) is 2.19. The van der Waals surface area contributed by atoms with Gasteiger partial charge in [-0.25, -0.2) is 0 Å². The Morgan fingerprint density at radius 3 is 2.71 bits per heavy atom. The minimum Gasteiger partial charge on any atom is -0.389 e. The average Bonchev–Trinajstić information content (AvgIpc) is 2.85. The molecule has 3 nitrogen and oxygen atoms in total. The van der Waals surface area contributed by atoms with Gasteiger partial charge in [0.25, 0.3) is 0 Å². The number of rotatable bonds is 9. The van der Waals surface area contributed by atoms with Gasteiger partial charge < -0.3 is 15.2 Å². The molecule has 0 spiro atoms. The Labute approximate surface area is 110 Å². The fourth-order valence-corrected chi connectivity index (χ4v) is 2.94. The van der Waals surface area contributed by atoms with Gasteiger partial charge in [-0.05, 0) is 25.5 Å². The van der Waals surface area contributed by atoms with Crippen LogP contribution in [0.2, 0.25) is 0 Å². The lowest BCUT2D eigenvalue weighted by atomic mass is 10.2. The fraction of sp³-hybridized carbons (Fsp3) is 1.00. The van der Waals surface area contributed by atoms with Gasteiger partial charge >= 0.3 is 0 Å². The molecule has 102 valence electrons. The maximum Gasteiger partial charge on any atom is 0.0897 e. The Kier molecular flexibility index (Phi) is 8.27. The third kappa shape index (κ3) is 6.65. The van der Waals surface area contributed by atoms with Crippen LogP contribution in [0.4, 0.5) is 0 Å². The summed E-state index contributed by atoms with van der Waals surface area (Å²) in [6.07, 6.45) is 8.16. The van der Waals surface area contributed by atoms with Gasteiger partial charge in [-0.1, -0.05) is 19.8 Å². The first-order chi connectivity index (χ1) is 8.26. The molecule has 0 bridgehead atoms. The molecular weight excluding hydrogens is 234 g/mol. The number of hydrogen-bond donors (Lipinski definition) is 2. The van der Waals surface area contributed by atoms with Gasteiger partial charge in [0.05, 0.1) is 18.8 Å². The van der Waals surface area contributed by atoms with Gasteiger partial charge in [0.2, 0.25) is 0 Å². The number of ether oxygens (including phenoxy) is 1. The van der Waals surface area contributed by atoms with Gasteiger partial charge in [-0.2, -0.15) is 11.8 Å². The van der Waals surface area contributed by atoms with Crippen LogP contribution in [0.3, 0.4) is 0 Å². The van der Waals surface area contributed by atoms with Gasteiger partial charge in [0.15, 0.2) is 0 Å². The predicted molar refractivity (Wildman–Crippen MR) is 74.7 cm³/mol. The second-order valence-electron chi connectivity index (χ2n) is 4.86. The summed E-state index contributed by atoms with van der Waals surface area (Å²) < 4.78 is 5.70. The highest BCUT2D eigenvalue weighted by Crippen LogP contribution is 2.20. The molecule has 0 heterocycles. The second kappa shape index (κ2) is 9.20. The molecule has 0 aromatic rings. The number of thioether (sulfide) groups is 1. The first kappa shape index (κ1) is 15.3. The van der Waals surface area contributed by atoms with E-state index in [1.54, 1.807) is 0 Å². The average molecular weight is 261 g/mol. The highest BCUT2D eigenvalue weighted by molar-refractivity contribution is 7.98. The molecule has 0 aliphatic heterocycles. The van der Waals surface area contributed by atoms with E-state index >= 15 is 0 Å². The molecule has 17 heavy (non-hydrogen) atoms. The van der Waals surface area contributed by atoms with Crippen LogP contribution in [0.15, 0.2) is 0 Å². The van der Waals surface area contributed by atoms with Crippen molar-refractivity contribution in [2.75, 3.05) is 25.2 Å². The van der Waals surface area contributed by atoms with Gasteiger partial charge in [0.1, 0.15) is 0 Å². The van der Waals surface area contributed by atoms with Crippen molar-refractivity contribution >= 4 is 11.8 Å². The van der Waals surface area contributed by atoms with E-state index in [0.717, 1.165) is 12.2 Å². The van der Waals surface area contributed by atoms with Crippen molar-refractivity contribution in [1.29, 1.82) is 0 Å². The first-order valence-corrected chi connectivity index (χ1v) is 8.17. The van der Waals surface area contributed by atoms with Gasteiger partial charge in [-0.3, -0.25) is 0 Å². The van der Waals surface area contributed by atoms with Crippen LogP contribution in [0.25, 0.3) is 0 Å². The highest BCUT2D eigenvalue weighted by Gasteiger charge is 2.17. The van der Waals surface area contributed by atoms with Gasteiger partial charge in [-0.15, -0.1) is 0 Å². The van der Waals surface area contributed by atoms with Crippen LogP contribution in [-0.4, -0.2) is 48.5 Å². The molecule has 0 aromatic carbocycles. The third-order valence-electron chi connectivity index (χ3n) is 3.33. The van der Waals surface area contributed by atoms with Crippen LogP contribution >= 0.6 is 11.8 Å². The molecule has 1 rings (SSSR count). The lowest BCUT2D eigenvalue weighted by molar-refractivity contribution is -0.00606. The maximum atomic E-state index is 9.83. The summed E-state index contributed by atoms with van der Waals surface area (Å²) in [5, 5.41) is 13.2. The summed E-state index contributed by atoms with van der Waals surface area (Å²) in [7, 11) is 0. The van der Waals surface area contributed by atoms with Crippen molar-refractivity contribution in [3.63, 3.8) is 0 Å². The molecule has 0 radical (unpaired) electrons. The SMILES string of the molecule is CCC(CSC)NCC(O)COC1CCCC1. The normalized spacial score (nSPS) is 20.6. The van der Waals surface area contributed by atoms with Crippen molar-refractivity contribution in [2.45, 2.75) is 57.3 Å². The van der Waals surface area contributed by atoms with Crippen molar-refractivity contribution in [3.05, 3.63) is 0 Å². The summed E-state index contributed by atoms with van der Waals surface area (Å²) in [6, 6.07) is 0.506. The Balaban J connectivity index is 2.04. The largest absolute Gasteiger partial charge is 0.389 e. The number of nitrogens with one attached hydrogen (secondary N) is 1. The minimum atomic E-state index is -0.369. The van der Waals surface area contributed by atoms with E-state index in [0.29, 0.717) is 25.3 Å². The molecule has 1 fully saturated rings. The van der Waals surface area contributed by atoms with Gasteiger partial charge in [0, 0.05) is 18.3 Å². The molecule has 2 atom stereocenters. The van der Waals surface area contributed by atoms with E-state index in [9.17, 15) is 5.11 Å².